The smallest absolute Gasteiger partial charge is 0.369 e. The van der Waals surface area contributed by atoms with Crippen LogP contribution < -0.4 is 11.1 Å². The average molecular weight is 420 g/mol. The molecule has 0 aliphatic carbocycles. The number of nitrogens with one attached hydrogen (secondary N) is 1. The highest BCUT2D eigenvalue weighted by Crippen LogP contribution is 2.44. The maximum Gasteiger partial charge on any atom is 0.458 e. The van der Waals surface area contributed by atoms with Gasteiger partial charge in [-0.05, 0) is 55.5 Å². The minimum Gasteiger partial charge on any atom is -0.369 e. The van der Waals surface area contributed by atoms with Crippen molar-refractivity contribution < 1.29 is 31.5 Å². The summed E-state index contributed by atoms with van der Waals surface area (Å²) in [5.41, 5.74) is 3.52. The van der Waals surface area contributed by atoms with Gasteiger partial charge in [-0.3, -0.25) is 9.59 Å². The summed E-state index contributed by atoms with van der Waals surface area (Å²) >= 11 is 1.05. The molecule has 0 unspecified atom stereocenters. The van der Waals surface area contributed by atoms with Crippen LogP contribution in [0.25, 0.3) is 0 Å². The third-order valence-corrected chi connectivity index (χ3v) is 5.27. The molecule has 3 N–H and O–H groups in total. The van der Waals surface area contributed by atoms with E-state index in [1.54, 1.807) is 25.3 Å². The van der Waals surface area contributed by atoms with Crippen molar-refractivity contribution >= 4 is 28.8 Å². The van der Waals surface area contributed by atoms with Crippen LogP contribution in [-0.2, 0) is 16.1 Å². The molecule has 152 valence electrons. The fourth-order valence-corrected chi connectivity index (χ4v) is 3.40. The SMILES string of the molecule is Cc1cc(C(F)(F)C(F)(F)F)ccc1NC(=O)c1sccc1C(C)(C)C(N)=O. The van der Waals surface area contributed by atoms with Gasteiger partial charge in [0.05, 0.1) is 10.3 Å². The number of halogens is 5. The number of amides is 2. The van der Waals surface area contributed by atoms with Gasteiger partial charge in [0.25, 0.3) is 5.91 Å². The van der Waals surface area contributed by atoms with Gasteiger partial charge in [-0.2, -0.15) is 22.0 Å². The van der Waals surface area contributed by atoms with Crippen molar-refractivity contribution in [3.63, 3.8) is 0 Å². The van der Waals surface area contributed by atoms with Crippen molar-refractivity contribution in [2.75, 3.05) is 5.32 Å². The van der Waals surface area contributed by atoms with E-state index in [1.807, 2.05) is 0 Å². The number of thiophene rings is 1. The van der Waals surface area contributed by atoms with E-state index >= 15 is 0 Å². The van der Waals surface area contributed by atoms with E-state index in [1.165, 1.54) is 6.92 Å². The van der Waals surface area contributed by atoms with Gasteiger partial charge in [0, 0.05) is 11.3 Å². The summed E-state index contributed by atoms with van der Waals surface area (Å²) in [6.07, 6.45) is -5.73. The van der Waals surface area contributed by atoms with Crippen molar-refractivity contribution in [2.45, 2.75) is 38.3 Å². The van der Waals surface area contributed by atoms with Crippen LogP contribution in [0.3, 0.4) is 0 Å². The zero-order valence-corrected chi connectivity index (χ0v) is 15.9. The van der Waals surface area contributed by atoms with Crippen LogP contribution in [-0.4, -0.2) is 18.0 Å². The Morgan fingerprint density at radius 2 is 1.68 bits per heavy atom. The van der Waals surface area contributed by atoms with Crippen LogP contribution in [0, 0.1) is 6.92 Å². The lowest BCUT2D eigenvalue weighted by atomic mass is 9.84. The van der Waals surface area contributed by atoms with E-state index in [0.29, 0.717) is 17.7 Å². The molecule has 4 nitrogen and oxygen atoms in total. The van der Waals surface area contributed by atoms with E-state index in [0.717, 1.165) is 17.4 Å². The molecule has 1 aromatic carbocycles. The van der Waals surface area contributed by atoms with Crippen LogP contribution in [0.15, 0.2) is 29.6 Å². The lowest BCUT2D eigenvalue weighted by Crippen LogP contribution is -2.36. The Balaban J connectivity index is 2.33. The van der Waals surface area contributed by atoms with E-state index in [2.05, 4.69) is 5.32 Å². The first-order chi connectivity index (χ1) is 12.7. The number of hydrogen-bond acceptors (Lipinski definition) is 3. The van der Waals surface area contributed by atoms with Crippen molar-refractivity contribution in [2.24, 2.45) is 5.73 Å². The number of alkyl halides is 5. The summed E-state index contributed by atoms with van der Waals surface area (Å²) in [5, 5.41) is 4.07. The normalized spacial score (nSPS) is 12.7. The zero-order valence-electron chi connectivity index (χ0n) is 15.1. The molecule has 2 rings (SSSR count). The Morgan fingerprint density at radius 1 is 1.07 bits per heavy atom. The molecule has 10 heteroatoms. The van der Waals surface area contributed by atoms with E-state index < -0.39 is 34.9 Å². The maximum absolute atomic E-state index is 13.5. The molecule has 1 aromatic heterocycles. The molecule has 0 bridgehead atoms. The standard InChI is InChI=1S/C18H17F5N2O2S/c1-9-8-10(17(19,20)18(21,22)23)4-5-12(9)25-14(26)13-11(6-7-28-13)16(2,3)15(24)27/h4-8H,1-3H3,(H2,24,27)(H,25,26). The minimum absolute atomic E-state index is 0.0297. The van der Waals surface area contributed by atoms with Crippen molar-refractivity contribution in [1.82, 2.24) is 0 Å². The monoisotopic (exact) mass is 420 g/mol. The Bertz CT molecular complexity index is 919. The molecule has 0 spiro atoms. The number of anilines is 1. The van der Waals surface area contributed by atoms with E-state index in [4.69, 9.17) is 5.73 Å². The summed E-state index contributed by atoms with van der Waals surface area (Å²) in [4.78, 5) is 24.4. The Kier molecular flexibility index (Phi) is 5.57. The second kappa shape index (κ2) is 7.16. The molecular formula is C18H17F5N2O2S. The first-order valence-corrected chi connectivity index (χ1v) is 8.82. The second-order valence-corrected chi connectivity index (χ2v) is 7.62. The van der Waals surface area contributed by atoms with Crippen LogP contribution in [0.2, 0.25) is 0 Å². The van der Waals surface area contributed by atoms with Gasteiger partial charge < -0.3 is 11.1 Å². The summed E-state index contributed by atoms with van der Waals surface area (Å²) in [6, 6.07) is 3.84. The molecule has 28 heavy (non-hydrogen) atoms. The van der Waals surface area contributed by atoms with Crippen molar-refractivity contribution in [3.8, 4) is 0 Å². The lowest BCUT2D eigenvalue weighted by molar-refractivity contribution is -0.289. The molecule has 0 aliphatic heterocycles. The Labute approximate surface area is 161 Å². The Hall–Kier alpha value is -2.49. The fraction of sp³-hybridized carbons (Fsp3) is 0.333. The molecule has 0 saturated carbocycles. The summed E-state index contributed by atoms with van der Waals surface area (Å²) in [7, 11) is 0. The van der Waals surface area contributed by atoms with Crippen molar-refractivity contribution in [1.29, 1.82) is 0 Å². The number of carbonyl (C=O) groups excluding carboxylic acids is 2. The molecule has 0 radical (unpaired) electrons. The van der Waals surface area contributed by atoms with Crippen LogP contribution in [0.1, 0.15) is 40.2 Å². The topological polar surface area (TPSA) is 72.2 Å². The van der Waals surface area contributed by atoms with Gasteiger partial charge in [-0.1, -0.05) is 6.07 Å². The molecule has 2 aromatic rings. The average Bonchev–Trinajstić information content (AvgIpc) is 3.05. The highest BCUT2D eigenvalue weighted by molar-refractivity contribution is 7.12. The first-order valence-electron chi connectivity index (χ1n) is 7.94. The van der Waals surface area contributed by atoms with E-state index in [-0.39, 0.29) is 16.1 Å². The van der Waals surface area contributed by atoms with Crippen molar-refractivity contribution in [3.05, 3.63) is 51.2 Å². The lowest BCUT2D eigenvalue weighted by Gasteiger charge is -2.22. The van der Waals surface area contributed by atoms with Gasteiger partial charge in [-0.15, -0.1) is 11.3 Å². The Morgan fingerprint density at radius 3 is 2.18 bits per heavy atom. The first kappa shape index (κ1) is 21.8. The van der Waals surface area contributed by atoms with Gasteiger partial charge >= 0.3 is 12.1 Å². The number of hydrogen-bond donors (Lipinski definition) is 2. The number of primary amides is 1. The summed E-state index contributed by atoms with van der Waals surface area (Å²) in [5.74, 6) is -6.28. The maximum atomic E-state index is 13.5. The number of rotatable bonds is 5. The summed E-state index contributed by atoms with van der Waals surface area (Å²) < 4.78 is 64.5. The molecule has 1 heterocycles. The second-order valence-electron chi connectivity index (χ2n) is 6.71. The summed E-state index contributed by atoms with van der Waals surface area (Å²) in [6.45, 7) is 4.40. The van der Waals surface area contributed by atoms with Gasteiger partial charge in [0.2, 0.25) is 5.91 Å². The highest BCUT2D eigenvalue weighted by atomic mass is 32.1. The molecule has 0 saturated heterocycles. The number of aryl methyl sites for hydroxylation is 1. The van der Waals surface area contributed by atoms with Crippen LogP contribution >= 0.6 is 11.3 Å². The highest BCUT2D eigenvalue weighted by Gasteiger charge is 2.58. The molecule has 0 aliphatic rings. The number of benzene rings is 1. The quantitative estimate of drug-likeness (QED) is 0.687. The number of carbonyl (C=O) groups is 2. The molecule has 2 amide bonds. The molecule has 0 atom stereocenters. The predicted molar refractivity (Wildman–Crippen MR) is 95.6 cm³/mol. The zero-order chi connectivity index (χ0) is 21.5. The fourth-order valence-electron chi connectivity index (χ4n) is 2.45. The van der Waals surface area contributed by atoms with Crippen LogP contribution in [0.5, 0.6) is 0 Å². The largest absolute Gasteiger partial charge is 0.458 e. The minimum atomic E-state index is -5.73. The van der Waals surface area contributed by atoms with Gasteiger partial charge in [-0.25, -0.2) is 0 Å². The van der Waals surface area contributed by atoms with Gasteiger partial charge in [0.15, 0.2) is 0 Å². The number of nitrogens with two attached hydrogens (primary N) is 1. The van der Waals surface area contributed by atoms with E-state index in [9.17, 15) is 31.5 Å². The predicted octanol–water partition coefficient (Wildman–Crippen LogP) is 4.73. The van der Waals surface area contributed by atoms with Crippen LogP contribution in [0.4, 0.5) is 27.6 Å². The molecular weight excluding hydrogens is 403 g/mol. The van der Waals surface area contributed by atoms with Gasteiger partial charge in [0.1, 0.15) is 0 Å². The molecule has 0 fully saturated rings. The third kappa shape index (κ3) is 3.87. The third-order valence-electron chi connectivity index (χ3n) is 4.35.